The fourth-order valence-corrected chi connectivity index (χ4v) is 3.50. The molecule has 1 aliphatic heterocycles. The molecule has 0 saturated heterocycles. The summed E-state index contributed by atoms with van der Waals surface area (Å²) < 4.78 is 11.2. The van der Waals surface area contributed by atoms with E-state index in [9.17, 15) is 9.59 Å². The monoisotopic (exact) mass is 394 g/mol. The molecule has 0 bridgehead atoms. The molecular formula is C25H30O4. The Morgan fingerprint density at radius 3 is 2.07 bits per heavy atom. The molecule has 4 heteroatoms. The maximum atomic E-state index is 12.7. The van der Waals surface area contributed by atoms with E-state index in [4.69, 9.17) is 9.47 Å². The van der Waals surface area contributed by atoms with Gasteiger partial charge in [0.2, 0.25) is 0 Å². The van der Waals surface area contributed by atoms with E-state index in [-0.39, 0.29) is 17.4 Å². The first-order valence-corrected chi connectivity index (χ1v) is 9.98. The number of benzene rings is 2. The Balaban J connectivity index is 2.03. The highest BCUT2D eigenvalue weighted by Gasteiger charge is 2.36. The van der Waals surface area contributed by atoms with E-state index in [0.717, 1.165) is 27.8 Å². The van der Waals surface area contributed by atoms with E-state index >= 15 is 0 Å². The van der Waals surface area contributed by atoms with Crippen LogP contribution in [0.3, 0.4) is 0 Å². The molecule has 1 atom stereocenters. The molecule has 0 saturated carbocycles. The van der Waals surface area contributed by atoms with Crippen molar-refractivity contribution in [2.24, 2.45) is 5.41 Å². The van der Waals surface area contributed by atoms with Gasteiger partial charge in [0, 0.05) is 5.56 Å². The molecule has 0 radical (unpaired) electrons. The third-order valence-electron chi connectivity index (χ3n) is 5.26. The van der Waals surface area contributed by atoms with Crippen molar-refractivity contribution in [1.82, 2.24) is 0 Å². The summed E-state index contributed by atoms with van der Waals surface area (Å²) in [5.41, 5.74) is 3.93. The van der Waals surface area contributed by atoms with Crippen LogP contribution in [-0.2, 0) is 15.0 Å². The lowest BCUT2D eigenvalue weighted by Gasteiger charge is -2.21. The second-order valence-electron chi connectivity index (χ2n) is 9.98. The van der Waals surface area contributed by atoms with E-state index in [0.29, 0.717) is 11.5 Å². The van der Waals surface area contributed by atoms with Crippen LogP contribution in [0.4, 0.5) is 0 Å². The molecule has 0 N–H and O–H groups in total. The molecule has 29 heavy (non-hydrogen) atoms. The molecular weight excluding hydrogens is 364 g/mol. The van der Waals surface area contributed by atoms with Gasteiger partial charge in [0.05, 0.1) is 5.41 Å². The summed E-state index contributed by atoms with van der Waals surface area (Å²) in [6.45, 7) is 15.7. The lowest BCUT2D eigenvalue weighted by atomic mass is 9.83. The van der Waals surface area contributed by atoms with Crippen LogP contribution in [0.15, 0.2) is 30.3 Å². The topological polar surface area (TPSA) is 52.6 Å². The number of rotatable bonds is 2. The zero-order chi connectivity index (χ0) is 21.7. The van der Waals surface area contributed by atoms with Crippen LogP contribution in [0.1, 0.15) is 75.3 Å². The first kappa shape index (κ1) is 21.1. The zero-order valence-electron chi connectivity index (χ0n) is 18.6. The predicted molar refractivity (Wildman–Crippen MR) is 114 cm³/mol. The third-order valence-corrected chi connectivity index (χ3v) is 5.26. The number of hydrogen-bond donors (Lipinski definition) is 0. The van der Waals surface area contributed by atoms with Gasteiger partial charge < -0.3 is 9.47 Å². The Labute approximate surface area is 173 Å². The molecule has 2 aromatic rings. The number of carbonyl (C=O) groups is 2. The normalized spacial score (nSPS) is 16.4. The van der Waals surface area contributed by atoms with Crippen molar-refractivity contribution in [2.75, 3.05) is 0 Å². The molecule has 0 spiro atoms. The van der Waals surface area contributed by atoms with Crippen molar-refractivity contribution in [3.8, 4) is 11.5 Å². The summed E-state index contributed by atoms with van der Waals surface area (Å²) in [5.74, 6) is 0.147. The van der Waals surface area contributed by atoms with Gasteiger partial charge in [0.15, 0.2) is 0 Å². The van der Waals surface area contributed by atoms with Crippen molar-refractivity contribution in [2.45, 2.75) is 66.7 Å². The number of esters is 2. The molecule has 0 aromatic heterocycles. The molecule has 154 valence electrons. The largest absolute Gasteiger partial charge is 0.426 e. The van der Waals surface area contributed by atoms with Gasteiger partial charge in [-0.3, -0.25) is 9.59 Å². The predicted octanol–water partition coefficient (Wildman–Crippen LogP) is 5.60. The van der Waals surface area contributed by atoms with Crippen LogP contribution in [0.2, 0.25) is 0 Å². The number of carbonyl (C=O) groups excluding carboxylic acids is 2. The Kier molecular flexibility index (Phi) is 5.10. The Morgan fingerprint density at radius 1 is 0.966 bits per heavy atom. The minimum absolute atomic E-state index is 0.0257. The highest BCUT2D eigenvalue weighted by Crippen LogP contribution is 2.43. The minimum Gasteiger partial charge on any atom is -0.426 e. The second-order valence-corrected chi connectivity index (χ2v) is 9.98. The highest BCUT2D eigenvalue weighted by atomic mass is 16.5. The zero-order valence-corrected chi connectivity index (χ0v) is 18.6. The van der Waals surface area contributed by atoms with Gasteiger partial charge in [0.25, 0.3) is 0 Å². The fourth-order valence-electron chi connectivity index (χ4n) is 3.50. The van der Waals surface area contributed by atoms with Gasteiger partial charge in [-0.25, -0.2) is 0 Å². The Hall–Kier alpha value is -2.62. The maximum Gasteiger partial charge on any atom is 0.323 e. The van der Waals surface area contributed by atoms with E-state index < -0.39 is 11.3 Å². The SMILES string of the molecule is Cc1cc(C2C(=O)Oc3ccc(C(C)(C)C)cc32)cc(C)c1OC(=O)C(C)(C)C. The molecule has 2 aromatic carbocycles. The van der Waals surface area contributed by atoms with Gasteiger partial charge in [0.1, 0.15) is 17.4 Å². The third kappa shape index (κ3) is 4.07. The Morgan fingerprint density at radius 2 is 1.55 bits per heavy atom. The van der Waals surface area contributed by atoms with E-state index in [2.05, 4.69) is 26.8 Å². The van der Waals surface area contributed by atoms with Gasteiger partial charge in [-0.05, 0) is 68.4 Å². The van der Waals surface area contributed by atoms with Gasteiger partial charge >= 0.3 is 11.9 Å². The summed E-state index contributed by atoms with van der Waals surface area (Å²) >= 11 is 0. The van der Waals surface area contributed by atoms with Crippen molar-refractivity contribution < 1.29 is 19.1 Å². The smallest absolute Gasteiger partial charge is 0.323 e. The molecule has 0 amide bonds. The first-order chi connectivity index (χ1) is 13.3. The van der Waals surface area contributed by atoms with Crippen LogP contribution in [0.25, 0.3) is 0 Å². The average molecular weight is 395 g/mol. The number of fused-ring (bicyclic) bond motifs is 1. The van der Waals surface area contributed by atoms with Gasteiger partial charge in [-0.2, -0.15) is 0 Å². The van der Waals surface area contributed by atoms with Crippen LogP contribution >= 0.6 is 0 Å². The quantitative estimate of drug-likeness (QED) is 0.491. The molecule has 1 unspecified atom stereocenters. The van der Waals surface area contributed by atoms with E-state index in [1.165, 1.54) is 0 Å². The highest BCUT2D eigenvalue weighted by molar-refractivity contribution is 5.90. The van der Waals surface area contributed by atoms with Gasteiger partial charge in [-0.15, -0.1) is 0 Å². The number of aryl methyl sites for hydroxylation is 2. The van der Waals surface area contributed by atoms with Crippen molar-refractivity contribution in [3.63, 3.8) is 0 Å². The number of ether oxygens (including phenoxy) is 2. The average Bonchev–Trinajstić information content (AvgIpc) is 2.90. The lowest BCUT2D eigenvalue weighted by molar-refractivity contribution is -0.143. The number of hydrogen-bond acceptors (Lipinski definition) is 4. The molecule has 1 heterocycles. The van der Waals surface area contributed by atoms with E-state index in [1.54, 1.807) is 0 Å². The fraction of sp³-hybridized carbons (Fsp3) is 0.440. The molecule has 0 aliphatic carbocycles. The lowest BCUT2D eigenvalue weighted by Crippen LogP contribution is -2.26. The van der Waals surface area contributed by atoms with Crippen LogP contribution < -0.4 is 9.47 Å². The van der Waals surface area contributed by atoms with Gasteiger partial charge in [-0.1, -0.05) is 45.0 Å². The van der Waals surface area contributed by atoms with E-state index in [1.807, 2.05) is 58.9 Å². The summed E-state index contributed by atoms with van der Waals surface area (Å²) in [7, 11) is 0. The molecule has 3 rings (SSSR count). The summed E-state index contributed by atoms with van der Waals surface area (Å²) in [6.07, 6.45) is 0. The molecule has 0 fully saturated rings. The van der Waals surface area contributed by atoms with Crippen molar-refractivity contribution in [3.05, 3.63) is 58.1 Å². The molecule has 4 nitrogen and oxygen atoms in total. The second kappa shape index (κ2) is 7.01. The van der Waals surface area contributed by atoms with Crippen LogP contribution in [0.5, 0.6) is 11.5 Å². The summed E-state index contributed by atoms with van der Waals surface area (Å²) in [4.78, 5) is 25.0. The molecule has 1 aliphatic rings. The maximum absolute atomic E-state index is 12.7. The van der Waals surface area contributed by atoms with Crippen LogP contribution in [0, 0.1) is 19.3 Å². The van der Waals surface area contributed by atoms with Crippen molar-refractivity contribution in [1.29, 1.82) is 0 Å². The standard InChI is InChI=1S/C25H30O4/c1-14-11-16(12-15(2)21(14)29-23(27)25(6,7)8)20-18-13-17(24(3,4)5)9-10-19(18)28-22(20)26/h9-13,20H,1-8H3. The van der Waals surface area contributed by atoms with Crippen molar-refractivity contribution >= 4 is 11.9 Å². The first-order valence-electron chi connectivity index (χ1n) is 9.98. The minimum atomic E-state index is -0.588. The Bertz CT molecular complexity index is 964. The van der Waals surface area contributed by atoms with Crippen LogP contribution in [-0.4, -0.2) is 11.9 Å². The summed E-state index contributed by atoms with van der Waals surface area (Å²) in [5, 5.41) is 0. The summed E-state index contributed by atoms with van der Waals surface area (Å²) in [6, 6.07) is 9.81.